The Morgan fingerprint density at radius 2 is 2.00 bits per heavy atom. The number of nitrogens with one attached hydrogen (secondary N) is 1. The maximum Gasteiger partial charge on any atom is 0.280 e. The number of carbonyl (C=O) groups is 1. The van der Waals surface area contributed by atoms with Crippen molar-refractivity contribution in [3.05, 3.63) is 45.3 Å². The number of nitrogens with zero attached hydrogens (tertiary/aromatic N) is 4. The predicted octanol–water partition coefficient (Wildman–Crippen LogP) is 0.588. The minimum absolute atomic E-state index is 0.0708. The number of hydrazone groups is 1. The van der Waals surface area contributed by atoms with Crippen LogP contribution in [0.4, 0.5) is 0 Å². The van der Waals surface area contributed by atoms with Crippen molar-refractivity contribution in [1.29, 1.82) is 0 Å². The molecule has 0 saturated carbocycles. The molecule has 0 aliphatic heterocycles. The molecule has 1 amide bonds. The molecule has 138 valence electrons. The second-order valence-corrected chi connectivity index (χ2v) is 6.47. The van der Waals surface area contributed by atoms with Gasteiger partial charge in [-0.3, -0.25) is 19.9 Å². The summed E-state index contributed by atoms with van der Waals surface area (Å²) in [5.41, 5.74) is 0.177. The van der Waals surface area contributed by atoms with Crippen molar-refractivity contribution in [1.82, 2.24) is 20.1 Å². The van der Waals surface area contributed by atoms with E-state index >= 15 is 0 Å². The fourth-order valence-electron chi connectivity index (χ4n) is 2.14. The van der Waals surface area contributed by atoms with Crippen molar-refractivity contribution in [3.8, 4) is 11.1 Å². The average Bonchev–Trinajstić information content (AvgIpc) is 2.62. The Kier molecular flexibility index (Phi) is 6.24. The number of hydrazine groups is 1. The van der Waals surface area contributed by atoms with Gasteiger partial charge in [0.15, 0.2) is 5.69 Å². The number of hydrogen-bond donors (Lipinski definition) is 3. The van der Waals surface area contributed by atoms with Crippen molar-refractivity contribution in [2.45, 2.75) is 4.90 Å². The summed E-state index contributed by atoms with van der Waals surface area (Å²) >= 11 is 7.91. The quantitative estimate of drug-likeness (QED) is 0.228. The van der Waals surface area contributed by atoms with Crippen LogP contribution in [0.5, 0.6) is 0 Å². The Morgan fingerprint density at radius 1 is 1.38 bits per heavy atom. The Balaban J connectivity index is 2.55. The van der Waals surface area contributed by atoms with Gasteiger partial charge in [0.25, 0.3) is 11.5 Å². The van der Waals surface area contributed by atoms with Crippen LogP contribution in [0.2, 0.25) is 5.02 Å². The van der Waals surface area contributed by atoms with E-state index in [4.69, 9.17) is 23.3 Å². The first-order valence-corrected chi connectivity index (χ1v) is 8.89. The molecule has 26 heavy (non-hydrogen) atoms. The van der Waals surface area contributed by atoms with Crippen LogP contribution in [0, 0.1) is 0 Å². The molecule has 1 aromatic carbocycles. The maximum atomic E-state index is 12.5. The molecular formula is C15H18ClN7O2S. The number of aryl methyl sites for hydroxylation is 1. The van der Waals surface area contributed by atoms with E-state index in [1.165, 1.54) is 14.1 Å². The number of aromatic nitrogens is 2. The number of hydrogen-bond acceptors (Lipinski definition) is 7. The Bertz CT molecular complexity index is 909. The van der Waals surface area contributed by atoms with Gasteiger partial charge >= 0.3 is 0 Å². The number of guanidine groups is 1. The fraction of sp³-hybridized carbons (Fsp3) is 0.200. The Morgan fingerprint density at radius 3 is 2.50 bits per heavy atom. The van der Waals surface area contributed by atoms with Gasteiger partial charge in [-0.25, -0.2) is 10.5 Å². The number of halogens is 1. The first-order valence-electron chi connectivity index (χ1n) is 7.29. The molecule has 0 bridgehead atoms. The molecule has 2 aromatic rings. The zero-order chi connectivity index (χ0) is 19.4. The molecule has 1 aromatic heterocycles. The summed E-state index contributed by atoms with van der Waals surface area (Å²) in [5, 5.41) is 10.6. The van der Waals surface area contributed by atoms with Gasteiger partial charge in [-0.2, -0.15) is 5.10 Å². The highest BCUT2D eigenvalue weighted by molar-refractivity contribution is 7.98. The monoisotopic (exact) mass is 395 g/mol. The SMILES string of the molecule is CSc1ccc(-c2c(Cl)c(C(=O)N/C(=N/N)N(C)N)nn(C)c2=O)cc1. The highest BCUT2D eigenvalue weighted by Crippen LogP contribution is 2.28. The van der Waals surface area contributed by atoms with Crippen LogP contribution >= 0.6 is 23.4 Å². The van der Waals surface area contributed by atoms with E-state index in [1.807, 2.05) is 18.4 Å². The summed E-state index contributed by atoms with van der Waals surface area (Å²) in [7, 11) is 2.88. The van der Waals surface area contributed by atoms with Crippen LogP contribution in [-0.4, -0.2) is 40.0 Å². The lowest BCUT2D eigenvalue weighted by Crippen LogP contribution is -2.46. The molecule has 0 spiro atoms. The maximum absolute atomic E-state index is 12.5. The normalized spacial score (nSPS) is 11.3. The van der Waals surface area contributed by atoms with E-state index in [0.29, 0.717) is 5.56 Å². The van der Waals surface area contributed by atoms with Gasteiger partial charge < -0.3 is 5.84 Å². The fourth-order valence-corrected chi connectivity index (χ4v) is 2.86. The van der Waals surface area contributed by atoms with Gasteiger partial charge in [0.05, 0.1) is 10.6 Å². The summed E-state index contributed by atoms with van der Waals surface area (Å²) in [4.78, 5) is 26.0. The van der Waals surface area contributed by atoms with E-state index in [1.54, 1.807) is 23.9 Å². The van der Waals surface area contributed by atoms with Crippen LogP contribution in [0.25, 0.3) is 11.1 Å². The number of rotatable bonds is 3. The van der Waals surface area contributed by atoms with Gasteiger partial charge in [-0.05, 0) is 24.0 Å². The molecule has 0 radical (unpaired) electrons. The molecule has 0 aliphatic carbocycles. The first kappa shape index (κ1) is 19.8. The number of amides is 1. The molecule has 0 fully saturated rings. The van der Waals surface area contributed by atoms with E-state index in [2.05, 4.69) is 15.5 Å². The standard InChI is InChI=1S/C15H18ClN7O2S/c1-22(18)15(20-17)19-13(24)12-11(16)10(14(25)23(2)21-12)8-4-6-9(26-3)7-5-8/h4-7H,17-18H2,1-3H3,(H,19,20,24). The molecule has 2 rings (SSSR count). The predicted molar refractivity (Wildman–Crippen MR) is 103 cm³/mol. The lowest BCUT2D eigenvalue weighted by molar-refractivity contribution is 0.0965. The number of thioether (sulfide) groups is 1. The second-order valence-electron chi connectivity index (χ2n) is 5.21. The molecular weight excluding hydrogens is 378 g/mol. The van der Waals surface area contributed by atoms with E-state index in [9.17, 15) is 9.59 Å². The lowest BCUT2D eigenvalue weighted by atomic mass is 10.1. The largest absolute Gasteiger partial charge is 0.320 e. The van der Waals surface area contributed by atoms with Gasteiger partial charge in [0, 0.05) is 19.0 Å². The molecule has 0 saturated heterocycles. The third kappa shape index (κ3) is 3.98. The zero-order valence-corrected chi connectivity index (χ0v) is 15.9. The molecule has 1 heterocycles. The summed E-state index contributed by atoms with van der Waals surface area (Å²) in [5.74, 6) is 9.90. The molecule has 11 heteroatoms. The van der Waals surface area contributed by atoms with E-state index in [-0.39, 0.29) is 22.2 Å². The van der Waals surface area contributed by atoms with E-state index in [0.717, 1.165) is 14.6 Å². The van der Waals surface area contributed by atoms with Gasteiger partial charge in [-0.15, -0.1) is 16.9 Å². The molecule has 0 atom stereocenters. The second kappa shape index (κ2) is 8.21. The zero-order valence-electron chi connectivity index (χ0n) is 14.4. The summed E-state index contributed by atoms with van der Waals surface area (Å²) in [6, 6.07) is 7.24. The van der Waals surface area contributed by atoms with E-state index < -0.39 is 11.5 Å². The Hall–Kier alpha value is -2.56. The third-order valence-corrected chi connectivity index (χ3v) is 4.57. The summed E-state index contributed by atoms with van der Waals surface area (Å²) in [6.45, 7) is 0. The summed E-state index contributed by atoms with van der Waals surface area (Å²) in [6.07, 6.45) is 1.95. The van der Waals surface area contributed by atoms with Crippen molar-refractivity contribution < 1.29 is 4.79 Å². The Labute approximate surface area is 159 Å². The van der Waals surface area contributed by atoms with Crippen LogP contribution in [-0.2, 0) is 7.05 Å². The van der Waals surface area contributed by atoms with Crippen LogP contribution in [0.15, 0.2) is 39.1 Å². The van der Waals surface area contributed by atoms with Gasteiger partial charge in [0.2, 0.25) is 5.96 Å². The van der Waals surface area contributed by atoms with Crippen molar-refractivity contribution in [3.63, 3.8) is 0 Å². The number of benzene rings is 1. The van der Waals surface area contributed by atoms with Crippen LogP contribution < -0.4 is 22.6 Å². The van der Waals surface area contributed by atoms with Gasteiger partial charge in [-0.1, -0.05) is 23.7 Å². The van der Waals surface area contributed by atoms with Crippen molar-refractivity contribution >= 4 is 35.2 Å². The number of carbonyl (C=O) groups excluding carboxylic acids is 1. The lowest BCUT2D eigenvalue weighted by Gasteiger charge is -2.16. The highest BCUT2D eigenvalue weighted by atomic mass is 35.5. The smallest absolute Gasteiger partial charge is 0.280 e. The molecule has 5 N–H and O–H groups in total. The van der Waals surface area contributed by atoms with Gasteiger partial charge in [0.1, 0.15) is 0 Å². The van der Waals surface area contributed by atoms with Crippen LogP contribution in [0.3, 0.4) is 0 Å². The minimum Gasteiger partial charge on any atom is -0.320 e. The molecule has 9 nitrogen and oxygen atoms in total. The van der Waals surface area contributed by atoms with Crippen molar-refractivity contribution in [2.24, 2.45) is 23.8 Å². The first-order chi connectivity index (χ1) is 12.3. The molecule has 0 unspecified atom stereocenters. The number of nitrogens with two attached hydrogens (primary N) is 2. The topological polar surface area (TPSA) is 132 Å². The van der Waals surface area contributed by atoms with Crippen LogP contribution in [0.1, 0.15) is 10.5 Å². The minimum atomic E-state index is -0.700. The highest BCUT2D eigenvalue weighted by Gasteiger charge is 2.22. The van der Waals surface area contributed by atoms with Crippen molar-refractivity contribution in [2.75, 3.05) is 13.3 Å². The molecule has 0 aliphatic rings. The third-order valence-electron chi connectivity index (χ3n) is 3.46. The average molecular weight is 396 g/mol. The summed E-state index contributed by atoms with van der Waals surface area (Å²) < 4.78 is 1.05.